The summed E-state index contributed by atoms with van der Waals surface area (Å²) in [5.74, 6) is -0.0762. The van der Waals surface area contributed by atoms with Crippen LogP contribution in [0.2, 0.25) is 0 Å². The molecule has 1 heterocycles. The Kier molecular flexibility index (Phi) is 5.46. The zero-order valence-corrected chi connectivity index (χ0v) is 12.3. The van der Waals surface area contributed by atoms with Gasteiger partial charge in [0.15, 0.2) is 0 Å². The van der Waals surface area contributed by atoms with Crippen LogP contribution in [0.15, 0.2) is 48.7 Å². The Morgan fingerprint density at radius 3 is 2.76 bits per heavy atom. The Morgan fingerprint density at radius 2 is 2.05 bits per heavy atom. The summed E-state index contributed by atoms with van der Waals surface area (Å²) >= 11 is 0. The third-order valence-corrected chi connectivity index (χ3v) is 3.37. The number of hydrogen-bond acceptors (Lipinski definition) is 3. The van der Waals surface area contributed by atoms with Crippen molar-refractivity contribution in [1.82, 2.24) is 10.3 Å². The van der Waals surface area contributed by atoms with Gasteiger partial charge in [-0.2, -0.15) is 0 Å². The highest BCUT2D eigenvalue weighted by Crippen LogP contribution is 2.06. The van der Waals surface area contributed by atoms with Gasteiger partial charge in [0, 0.05) is 24.3 Å². The molecule has 0 aliphatic carbocycles. The van der Waals surface area contributed by atoms with E-state index in [-0.39, 0.29) is 11.9 Å². The van der Waals surface area contributed by atoms with Crippen LogP contribution in [-0.2, 0) is 13.0 Å². The molecular formula is C17H21N3O. The van der Waals surface area contributed by atoms with E-state index in [1.165, 1.54) is 5.56 Å². The van der Waals surface area contributed by atoms with E-state index in [4.69, 9.17) is 5.73 Å². The molecule has 0 aliphatic rings. The number of pyridine rings is 1. The van der Waals surface area contributed by atoms with Crippen LogP contribution in [0.1, 0.15) is 35.0 Å². The van der Waals surface area contributed by atoms with Gasteiger partial charge in [-0.05, 0) is 37.5 Å². The quantitative estimate of drug-likeness (QED) is 0.854. The largest absolute Gasteiger partial charge is 0.350 e. The summed E-state index contributed by atoms with van der Waals surface area (Å²) < 4.78 is 0. The molecule has 21 heavy (non-hydrogen) atoms. The summed E-state index contributed by atoms with van der Waals surface area (Å²) in [6.45, 7) is 2.36. The van der Waals surface area contributed by atoms with Gasteiger partial charge in [-0.3, -0.25) is 9.78 Å². The third kappa shape index (κ3) is 4.68. The van der Waals surface area contributed by atoms with Crippen LogP contribution in [0.3, 0.4) is 0 Å². The number of amides is 1. The van der Waals surface area contributed by atoms with Crippen LogP contribution >= 0.6 is 0 Å². The van der Waals surface area contributed by atoms with Crippen molar-refractivity contribution in [3.63, 3.8) is 0 Å². The summed E-state index contributed by atoms with van der Waals surface area (Å²) in [6.07, 6.45) is 3.48. The number of nitrogens with zero attached hydrogens (tertiary/aromatic N) is 1. The molecule has 0 radical (unpaired) electrons. The molecule has 0 bridgehead atoms. The molecular weight excluding hydrogens is 262 g/mol. The van der Waals surface area contributed by atoms with Crippen molar-refractivity contribution in [2.24, 2.45) is 5.73 Å². The van der Waals surface area contributed by atoms with Gasteiger partial charge in [-0.25, -0.2) is 0 Å². The minimum Gasteiger partial charge on any atom is -0.350 e. The highest BCUT2D eigenvalue weighted by atomic mass is 16.1. The van der Waals surface area contributed by atoms with Gasteiger partial charge in [-0.15, -0.1) is 0 Å². The number of aromatic nitrogens is 1. The Hall–Kier alpha value is -2.20. The molecule has 1 amide bonds. The average Bonchev–Trinajstić information content (AvgIpc) is 2.54. The minimum atomic E-state index is -0.0762. The van der Waals surface area contributed by atoms with Crippen molar-refractivity contribution < 1.29 is 4.79 Å². The van der Waals surface area contributed by atoms with Crippen LogP contribution in [0, 0.1) is 0 Å². The summed E-state index contributed by atoms with van der Waals surface area (Å²) in [4.78, 5) is 16.2. The van der Waals surface area contributed by atoms with Gasteiger partial charge in [0.25, 0.3) is 5.91 Å². The Bertz CT molecular complexity index is 584. The fourth-order valence-corrected chi connectivity index (χ4v) is 2.14. The number of benzene rings is 1. The van der Waals surface area contributed by atoms with Crippen molar-refractivity contribution >= 4 is 5.91 Å². The monoisotopic (exact) mass is 283 g/mol. The highest BCUT2D eigenvalue weighted by Gasteiger charge is 2.10. The maximum absolute atomic E-state index is 12.2. The van der Waals surface area contributed by atoms with E-state index in [2.05, 4.69) is 22.4 Å². The van der Waals surface area contributed by atoms with Crippen molar-refractivity contribution in [1.29, 1.82) is 0 Å². The normalized spacial score (nSPS) is 11.9. The summed E-state index contributed by atoms with van der Waals surface area (Å²) in [5.41, 5.74) is 8.15. The summed E-state index contributed by atoms with van der Waals surface area (Å²) in [5, 5.41) is 3.01. The predicted octanol–water partition coefficient (Wildman–Crippen LogP) is 2.29. The fraction of sp³-hybridized carbons (Fsp3) is 0.294. The summed E-state index contributed by atoms with van der Waals surface area (Å²) in [6, 6.07) is 13.8. The topological polar surface area (TPSA) is 68.0 Å². The number of hydrogen-bond donors (Lipinski definition) is 2. The molecule has 2 aromatic rings. The molecule has 1 unspecified atom stereocenters. The van der Waals surface area contributed by atoms with Gasteiger partial charge in [0.2, 0.25) is 0 Å². The van der Waals surface area contributed by atoms with Crippen molar-refractivity contribution in [2.75, 3.05) is 0 Å². The molecule has 1 aromatic heterocycles. The predicted molar refractivity (Wildman–Crippen MR) is 83.8 cm³/mol. The number of aryl methyl sites for hydroxylation is 1. The Balaban J connectivity index is 1.87. The second-order valence-corrected chi connectivity index (χ2v) is 5.14. The fourth-order valence-electron chi connectivity index (χ4n) is 2.14. The molecule has 2 rings (SSSR count). The first-order valence-electron chi connectivity index (χ1n) is 7.19. The molecule has 0 saturated carbocycles. The van der Waals surface area contributed by atoms with E-state index in [1.54, 1.807) is 18.3 Å². The second-order valence-electron chi connectivity index (χ2n) is 5.14. The van der Waals surface area contributed by atoms with E-state index >= 15 is 0 Å². The minimum absolute atomic E-state index is 0.0762. The van der Waals surface area contributed by atoms with Gasteiger partial charge < -0.3 is 11.1 Å². The molecule has 110 valence electrons. The highest BCUT2D eigenvalue weighted by molar-refractivity contribution is 5.94. The molecule has 4 heteroatoms. The lowest BCUT2D eigenvalue weighted by Gasteiger charge is -2.14. The van der Waals surface area contributed by atoms with E-state index in [1.807, 2.05) is 25.1 Å². The smallest absolute Gasteiger partial charge is 0.251 e. The van der Waals surface area contributed by atoms with Crippen molar-refractivity contribution in [2.45, 2.75) is 32.4 Å². The molecule has 0 fully saturated rings. The maximum Gasteiger partial charge on any atom is 0.251 e. The first-order chi connectivity index (χ1) is 10.2. The van der Waals surface area contributed by atoms with E-state index < -0.39 is 0 Å². The van der Waals surface area contributed by atoms with E-state index in [9.17, 15) is 4.79 Å². The standard InChI is InChI=1S/C17H21N3O/c1-13(7-8-14-5-3-2-4-6-14)20-17(21)15-9-10-19-16(11-15)12-18/h2-6,9-11,13H,7-8,12,18H2,1H3,(H,20,21). The average molecular weight is 283 g/mol. The molecule has 1 atom stereocenters. The first kappa shape index (κ1) is 15.2. The molecule has 4 nitrogen and oxygen atoms in total. The van der Waals surface area contributed by atoms with E-state index in [0.717, 1.165) is 18.5 Å². The summed E-state index contributed by atoms with van der Waals surface area (Å²) in [7, 11) is 0. The van der Waals surface area contributed by atoms with Crippen LogP contribution in [0.25, 0.3) is 0 Å². The number of carbonyl (C=O) groups excluding carboxylic acids is 1. The van der Waals surface area contributed by atoms with Gasteiger partial charge in [0.05, 0.1) is 5.69 Å². The van der Waals surface area contributed by atoms with Crippen LogP contribution in [-0.4, -0.2) is 16.9 Å². The number of nitrogens with one attached hydrogen (secondary N) is 1. The van der Waals surface area contributed by atoms with Gasteiger partial charge in [0.1, 0.15) is 0 Å². The number of rotatable bonds is 6. The molecule has 0 spiro atoms. The Labute approximate surface area is 125 Å². The number of carbonyl (C=O) groups is 1. The lowest BCUT2D eigenvalue weighted by molar-refractivity contribution is 0.0938. The lowest BCUT2D eigenvalue weighted by atomic mass is 10.1. The maximum atomic E-state index is 12.2. The zero-order chi connectivity index (χ0) is 15.1. The van der Waals surface area contributed by atoms with Crippen LogP contribution < -0.4 is 11.1 Å². The molecule has 3 N–H and O–H groups in total. The Morgan fingerprint density at radius 1 is 1.29 bits per heavy atom. The third-order valence-electron chi connectivity index (χ3n) is 3.37. The van der Waals surface area contributed by atoms with Gasteiger partial charge >= 0.3 is 0 Å². The van der Waals surface area contributed by atoms with Crippen molar-refractivity contribution in [3.05, 3.63) is 65.5 Å². The zero-order valence-electron chi connectivity index (χ0n) is 12.3. The van der Waals surface area contributed by atoms with E-state index in [0.29, 0.717) is 12.1 Å². The lowest BCUT2D eigenvalue weighted by Crippen LogP contribution is -2.33. The second kappa shape index (κ2) is 7.55. The van der Waals surface area contributed by atoms with Crippen molar-refractivity contribution in [3.8, 4) is 0 Å². The molecule has 0 aliphatic heterocycles. The number of nitrogens with two attached hydrogens (primary N) is 1. The van der Waals surface area contributed by atoms with Gasteiger partial charge in [-0.1, -0.05) is 30.3 Å². The molecule has 0 saturated heterocycles. The first-order valence-corrected chi connectivity index (χ1v) is 7.19. The molecule has 1 aromatic carbocycles. The van der Waals surface area contributed by atoms with Crippen LogP contribution in [0.5, 0.6) is 0 Å². The SMILES string of the molecule is CC(CCc1ccccc1)NC(=O)c1ccnc(CN)c1. The van der Waals surface area contributed by atoms with Crippen LogP contribution in [0.4, 0.5) is 0 Å².